The molecule has 1 heterocycles. The van der Waals surface area contributed by atoms with E-state index in [9.17, 15) is 4.79 Å². The molecule has 1 saturated heterocycles. The number of benzene rings is 1. The quantitative estimate of drug-likeness (QED) is 0.892. The average Bonchev–Trinajstić information content (AvgIpc) is 2.54. The van der Waals surface area contributed by atoms with Crippen LogP contribution in [0.2, 0.25) is 0 Å². The van der Waals surface area contributed by atoms with Crippen molar-refractivity contribution in [2.24, 2.45) is 11.7 Å². The Morgan fingerprint density at radius 3 is 2.52 bits per heavy atom. The Hall–Kier alpha value is -1.46. The lowest BCUT2D eigenvalue weighted by Crippen LogP contribution is -2.52. The number of rotatable bonds is 5. The van der Waals surface area contributed by atoms with Gasteiger partial charge in [0.2, 0.25) is 0 Å². The number of carbonyl (C=O) groups is 1. The zero-order valence-electron chi connectivity index (χ0n) is 14.0. The van der Waals surface area contributed by atoms with Crippen molar-refractivity contribution in [3.05, 3.63) is 24.3 Å². The molecule has 1 aliphatic heterocycles. The van der Waals surface area contributed by atoms with Gasteiger partial charge in [-0.05, 0) is 49.9 Å². The Kier molecular flexibility index (Phi) is 7.65. The second-order valence-electron chi connectivity index (χ2n) is 5.99. The summed E-state index contributed by atoms with van der Waals surface area (Å²) in [4.78, 5) is 14.5. The molecule has 0 bridgehead atoms. The summed E-state index contributed by atoms with van der Waals surface area (Å²) in [5, 5.41) is 0. The maximum absolute atomic E-state index is 12.6. The van der Waals surface area contributed by atoms with Gasteiger partial charge < -0.3 is 20.1 Å². The molecular formula is C17H27ClN2O3. The maximum atomic E-state index is 12.6. The van der Waals surface area contributed by atoms with E-state index in [-0.39, 0.29) is 24.4 Å². The molecule has 0 radical (unpaired) electrons. The van der Waals surface area contributed by atoms with Crippen LogP contribution >= 0.6 is 12.4 Å². The zero-order chi connectivity index (χ0) is 16.1. The molecule has 23 heavy (non-hydrogen) atoms. The molecule has 1 aromatic rings. The molecule has 0 saturated carbocycles. The number of nitrogens with zero attached hydrogens (tertiary/aromatic N) is 1. The lowest BCUT2D eigenvalue weighted by atomic mass is 9.92. The normalized spacial score (nSPS) is 22.0. The highest BCUT2D eigenvalue weighted by atomic mass is 35.5. The highest BCUT2D eigenvalue weighted by Gasteiger charge is 2.32. The zero-order valence-corrected chi connectivity index (χ0v) is 14.8. The van der Waals surface area contributed by atoms with Crippen LogP contribution in [0.1, 0.15) is 26.7 Å². The molecule has 0 aliphatic carbocycles. The van der Waals surface area contributed by atoms with Crippen LogP contribution in [-0.4, -0.2) is 43.2 Å². The molecule has 1 amide bonds. The summed E-state index contributed by atoms with van der Waals surface area (Å²) in [6, 6.07) is 7.37. The van der Waals surface area contributed by atoms with Gasteiger partial charge in [-0.3, -0.25) is 4.79 Å². The van der Waals surface area contributed by atoms with E-state index < -0.39 is 6.10 Å². The molecule has 130 valence electrons. The first-order chi connectivity index (χ1) is 10.5. The van der Waals surface area contributed by atoms with Crippen molar-refractivity contribution in [1.29, 1.82) is 0 Å². The standard InChI is InChI=1S/C17H26N2O3.ClH/c1-12-8-9-19(14(10-12)11-18)17(20)13(2)22-16-6-4-15(21-3)5-7-16;/h4-7,12-14H,8-11,18H2,1-3H3;1H. The van der Waals surface area contributed by atoms with Crippen LogP contribution in [0.3, 0.4) is 0 Å². The molecule has 1 fully saturated rings. The van der Waals surface area contributed by atoms with Gasteiger partial charge in [-0.1, -0.05) is 6.92 Å². The number of hydrogen-bond acceptors (Lipinski definition) is 4. The van der Waals surface area contributed by atoms with Crippen LogP contribution in [0.4, 0.5) is 0 Å². The topological polar surface area (TPSA) is 64.8 Å². The summed E-state index contributed by atoms with van der Waals surface area (Å²) in [5.74, 6) is 2.06. The van der Waals surface area contributed by atoms with Crippen molar-refractivity contribution in [3.63, 3.8) is 0 Å². The second-order valence-corrected chi connectivity index (χ2v) is 5.99. The van der Waals surface area contributed by atoms with Crippen LogP contribution in [0.25, 0.3) is 0 Å². The van der Waals surface area contributed by atoms with Crippen molar-refractivity contribution in [1.82, 2.24) is 4.90 Å². The molecule has 0 aromatic heterocycles. The number of methoxy groups -OCH3 is 1. The second kappa shape index (κ2) is 8.99. The Labute approximate surface area is 144 Å². The molecule has 0 spiro atoms. The van der Waals surface area contributed by atoms with Crippen molar-refractivity contribution < 1.29 is 14.3 Å². The van der Waals surface area contributed by atoms with E-state index in [4.69, 9.17) is 15.2 Å². The molecule has 1 aromatic carbocycles. The van der Waals surface area contributed by atoms with Gasteiger partial charge in [0, 0.05) is 19.1 Å². The molecule has 5 nitrogen and oxygen atoms in total. The number of piperidine rings is 1. The smallest absolute Gasteiger partial charge is 0.263 e. The summed E-state index contributed by atoms with van der Waals surface area (Å²) >= 11 is 0. The molecule has 6 heteroatoms. The molecular weight excluding hydrogens is 316 g/mol. The fourth-order valence-corrected chi connectivity index (χ4v) is 2.91. The maximum Gasteiger partial charge on any atom is 0.263 e. The summed E-state index contributed by atoms with van der Waals surface area (Å²) < 4.78 is 10.9. The van der Waals surface area contributed by atoms with Crippen LogP contribution in [0.15, 0.2) is 24.3 Å². The number of carbonyl (C=O) groups excluding carboxylic acids is 1. The third kappa shape index (κ3) is 5.01. The Morgan fingerprint density at radius 1 is 1.35 bits per heavy atom. The minimum atomic E-state index is -0.518. The summed E-state index contributed by atoms with van der Waals surface area (Å²) in [7, 11) is 1.62. The first-order valence-electron chi connectivity index (χ1n) is 7.86. The first-order valence-corrected chi connectivity index (χ1v) is 7.86. The van der Waals surface area contributed by atoms with Gasteiger partial charge in [-0.2, -0.15) is 0 Å². The van der Waals surface area contributed by atoms with E-state index in [1.807, 2.05) is 17.0 Å². The number of hydrogen-bond donors (Lipinski definition) is 1. The number of halogens is 1. The largest absolute Gasteiger partial charge is 0.497 e. The minimum Gasteiger partial charge on any atom is -0.497 e. The lowest BCUT2D eigenvalue weighted by molar-refractivity contribution is -0.142. The van der Waals surface area contributed by atoms with Gasteiger partial charge in [0.25, 0.3) is 5.91 Å². The van der Waals surface area contributed by atoms with Crippen molar-refractivity contribution >= 4 is 18.3 Å². The van der Waals surface area contributed by atoms with Crippen LogP contribution < -0.4 is 15.2 Å². The monoisotopic (exact) mass is 342 g/mol. The third-order valence-electron chi connectivity index (χ3n) is 4.25. The summed E-state index contributed by atoms with van der Waals surface area (Å²) in [6.45, 7) is 5.27. The van der Waals surface area contributed by atoms with E-state index in [2.05, 4.69) is 6.92 Å². The van der Waals surface area contributed by atoms with Crippen LogP contribution in [-0.2, 0) is 4.79 Å². The van der Waals surface area contributed by atoms with E-state index in [1.165, 1.54) is 0 Å². The van der Waals surface area contributed by atoms with Crippen molar-refractivity contribution in [2.75, 3.05) is 20.2 Å². The van der Waals surface area contributed by atoms with Crippen molar-refractivity contribution in [2.45, 2.75) is 38.8 Å². The first kappa shape index (κ1) is 19.6. The molecule has 2 rings (SSSR count). The number of amides is 1. The Bertz CT molecular complexity index is 495. The predicted molar refractivity (Wildman–Crippen MR) is 93.3 cm³/mol. The predicted octanol–water partition coefficient (Wildman–Crippen LogP) is 2.47. The Morgan fingerprint density at radius 2 is 1.96 bits per heavy atom. The number of likely N-dealkylation sites (tertiary alicyclic amines) is 1. The van der Waals surface area contributed by atoms with Gasteiger partial charge >= 0.3 is 0 Å². The van der Waals surface area contributed by atoms with E-state index in [0.29, 0.717) is 18.2 Å². The van der Waals surface area contributed by atoms with Gasteiger partial charge in [0.15, 0.2) is 6.10 Å². The SMILES string of the molecule is COc1ccc(OC(C)C(=O)N2CCC(C)CC2CN)cc1.Cl. The van der Waals surface area contributed by atoms with E-state index >= 15 is 0 Å². The van der Waals surface area contributed by atoms with Crippen LogP contribution in [0.5, 0.6) is 11.5 Å². The van der Waals surface area contributed by atoms with Gasteiger partial charge in [-0.25, -0.2) is 0 Å². The fourth-order valence-electron chi connectivity index (χ4n) is 2.91. The third-order valence-corrected chi connectivity index (χ3v) is 4.25. The molecule has 3 unspecified atom stereocenters. The summed E-state index contributed by atoms with van der Waals surface area (Å²) in [6.07, 6.45) is 1.48. The van der Waals surface area contributed by atoms with Crippen LogP contribution in [0, 0.1) is 5.92 Å². The number of ether oxygens (including phenoxy) is 2. The van der Waals surface area contributed by atoms with Crippen molar-refractivity contribution in [3.8, 4) is 11.5 Å². The van der Waals surface area contributed by atoms with Gasteiger partial charge in [0.1, 0.15) is 11.5 Å². The molecule has 3 atom stereocenters. The van der Waals surface area contributed by atoms with E-state index in [0.717, 1.165) is 25.1 Å². The minimum absolute atomic E-state index is 0. The number of nitrogens with two attached hydrogens (primary N) is 1. The average molecular weight is 343 g/mol. The molecule has 1 aliphatic rings. The highest BCUT2D eigenvalue weighted by molar-refractivity contribution is 5.85. The van der Waals surface area contributed by atoms with E-state index in [1.54, 1.807) is 26.2 Å². The van der Waals surface area contributed by atoms with Gasteiger partial charge in [0.05, 0.1) is 7.11 Å². The summed E-state index contributed by atoms with van der Waals surface area (Å²) in [5.41, 5.74) is 5.83. The lowest BCUT2D eigenvalue weighted by Gasteiger charge is -2.39. The molecule has 2 N–H and O–H groups in total. The fraction of sp³-hybridized carbons (Fsp3) is 0.588. The van der Waals surface area contributed by atoms with Gasteiger partial charge in [-0.15, -0.1) is 12.4 Å². The Balaban J connectivity index is 0.00000264. The highest BCUT2D eigenvalue weighted by Crippen LogP contribution is 2.24.